The molecule has 150 valence electrons. The molecule has 1 fully saturated rings. The van der Waals surface area contributed by atoms with Gasteiger partial charge in [-0.25, -0.2) is 0 Å². The number of nitrogens with zero attached hydrogens (tertiary/aromatic N) is 3. The number of aromatic amines is 1. The van der Waals surface area contributed by atoms with E-state index in [0.29, 0.717) is 18.3 Å². The number of rotatable bonds is 3. The molecule has 0 radical (unpaired) electrons. The standard InChI is InChI=1S/C22H24N4O3/c1-13-10-18(23-11-13)20-24-21(29-25-20)14-6-7-15-8-9-16-17(22(27)26(15)12-14)4-3-5-19(16)28-2/h5,8-11,14,17,23H,3-4,6-7,12H2,1-2H3/t14-,17+/m1/s1. The molecule has 5 rings (SSSR count). The van der Waals surface area contributed by atoms with Crippen molar-refractivity contribution in [2.45, 2.75) is 38.5 Å². The normalized spacial score (nSPS) is 24.1. The maximum atomic E-state index is 13.4. The fourth-order valence-electron chi connectivity index (χ4n) is 4.49. The Morgan fingerprint density at radius 3 is 3.00 bits per heavy atom. The molecule has 0 bridgehead atoms. The van der Waals surface area contributed by atoms with Gasteiger partial charge in [0.05, 0.1) is 24.6 Å². The van der Waals surface area contributed by atoms with Crippen molar-refractivity contribution in [1.29, 1.82) is 0 Å². The van der Waals surface area contributed by atoms with Crippen LogP contribution in [0.15, 0.2) is 52.0 Å². The van der Waals surface area contributed by atoms with Crippen molar-refractivity contribution >= 4 is 5.91 Å². The molecular weight excluding hydrogens is 368 g/mol. The maximum absolute atomic E-state index is 13.4. The molecule has 7 nitrogen and oxygen atoms in total. The molecule has 1 saturated heterocycles. The Hall–Kier alpha value is -3.09. The Labute approximate surface area is 169 Å². The average molecular weight is 392 g/mol. The van der Waals surface area contributed by atoms with Crippen LogP contribution in [0.4, 0.5) is 0 Å². The summed E-state index contributed by atoms with van der Waals surface area (Å²) in [7, 11) is 1.67. The second-order valence-electron chi connectivity index (χ2n) is 7.91. The summed E-state index contributed by atoms with van der Waals surface area (Å²) >= 11 is 0. The van der Waals surface area contributed by atoms with E-state index in [1.165, 1.54) is 0 Å². The molecule has 29 heavy (non-hydrogen) atoms. The molecule has 2 atom stereocenters. The fraction of sp³-hybridized carbons (Fsp3) is 0.409. The number of nitrogens with one attached hydrogen (secondary N) is 1. The van der Waals surface area contributed by atoms with Gasteiger partial charge in [-0.05, 0) is 56.4 Å². The quantitative estimate of drug-likeness (QED) is 0.858. The maximum Gasteiger partial charge on any atom is 0.234 e. The van der Waals surface area contributed by atoms with Gasteiger partial charge in [0.2, 0.25) is 17.6 Å². The van der Waals surface area contributed by atoms with E-state index in [-0.39, 0.29) is 17.7 Å². The number of aromatic nitrogens is 3. The van der Waals surface area contributed by atoms with Gasteiger partial charge in [0.25, 0.3) is 0 Å². The van der Waals surface area contributed by atoms with Crippen LogP contribution in [-0.4, -0.2) is 39.6 Å². The van der Waals surface area contributed by atoms with Gasteiger partial charge >= 0.3 is 0 Å². The second kappa shape index (κ2) is 7.06. The summed E-state index contributed by atoms with van der Waals surface area (Å²) in [5, 5.41) is 4.13. The lowest BCUT2D eigenvalue weighted by Crippen LogP contribution is -2.41. The van der Waals surface area contributed by atoms with Gasteiger partial charge in [-0.15, -0.1) is 0 Å². The number of methoxy groups -OCH3 is 1. The monoisotopic (exact) mass is 392 g/mol. The van der Waals surface area contributed by atoms with Crippen molar-refractivity contribution in [2.75, 3.05) is 13.7 Å². The molecule has 1 aliphatic carbocycles. The molecule has 2 aliphatic heterocycles. The van der Waals surface area contributed by atoms with E-state index < -0.39 is 0 Å². The van der Waals surface area contributed by atoms with E-state index in [2.05, 4.69) is 33.4 Å². The lowest BCUT2D eigenvalue weighted by atomic mass is 9.86. The van der Waals surface area contributed by atoms with Crippen LogP contribution in [0.5, 0.6) is 0 Å². The topological polar surface area (TPSA) is 84.2 Å². The Morgan fingerprint density at radius 1 is 1.31 bits per heavy atom. The molecule has 4 heterocycles. The summed E-state index contributed by atoms with van der Waals surface area (Å²) in [4.78, 5) is 23.1. The summed E-state index contributed by atoms with van der Waals surface area (Å²) in [6, 6.07) is 1.99. The summed E-state index contributed by atoms with van der Waals surface area (Å²) < 4.78 is 11.1. The zero-order valence-electron chi connectivity index (χ0n) is 16.6. The molecule has 7 heteroatoms. The Bertz CT molecular complexity index is 1040. The third-order valence-electron chi connectivity index (χ3n) is 6.04. The third kappa shape index (κ3) is 3.10. The number of hydrogen-bond acceptors (Lipinski definition) is 5. The van der Waals surface area contributed by atoms with E-state index in [1.807, 2.05) is 24.1 Å². The zero-order chi connectivity index (χ0) is 20.0. The van der Waals surface area contributed by atoms with Crippen LogP contribution < -0.4 is 0 Å². The molecule has 1 amide bonds. The fourth-order valence-corrected chi connectivity index (χ4v) is 4.49. The highest BCUT2D eigenvalue weighted by Crippen LogP contribution is 2.39. The Balaban J connectivity index is 1.38. The summed E-state index contributed by atoms with van der Waals surface area (Å²) in [6.45, 7) is 2.58. The molecule has 0 unspecified atom stereocenters. The number of amides is 1. The first kappa shape index (κ1) is 18.0. The highest BCUT2D eigenvalue weighted by molar-refractivity contribution is 5.85. The van der Waals surface area contributed by atoms with Crippen molar-refractivity contribution in [1.82, 2.24) is 20.0 Å². The number of carbonyl (C=O) groups excluding carboxylic acids is 1. The largest absolute Gasteiger partial charge is 0.497 e. The summed E-state index contributed by atoms with van der Waals surface area (Å²) in [5.41, 5.74) is 4.01. The molecule has 0 saturated carbocycles. The van der Waals surface area contributed by atoms with Gasteiger partial charge < -0.3 is 19.1 Å². The van der Waals surface area contributed by atoms with Crippen LogP contribution in [0, 0.1) is 12.8 Å². The van der Waals surface area contributed by atoms with Gasteiger partial charge in [0, 0.05) is 24.0 Å². The van der Waals surface area contributed by atoms with Crippen molar-refractivity contribution in [3.63, 3.8) is 0 Å². The lowest BCUT2D eigenvalue weighted by molar-refractivity contribution is -0.133. The number of fused-ring (bicyclic) bond motifs is 2. The SMILES string of the molecule is COC1=CCC[C@@H]2C(=O)N3C[C@H](c4nc(-c5cc(C)c[nH]5)no4)CCC3=CC=C12. The van der Waals surface area contributed by atoms with Crippen LogP contribution >= 0.6 is 0 Å². The predicted octanol–water partition coefficient (Wildman–Crippen LogP) is 3.84. The first-order chi connectivity index (χ1) is 14.1. The van der Waals surface area contributed by atoms with Crippen LogP contribution in [0.25, 0.3) is 11.5 Å². The van der Waals surface area contributed by atoms with E-state index in [4.69, 9.17) is 9.26 Å². The molecule has 0 aromatic carbocycles. The van der Waals surface area contributed by atoms with Gasteiger partial charge in [-0.2, -0.15) is 4.98 Å². The first-order valence-corrected chi connectivity index (χ1v) is 10.1. The number of piperidine rings is 1. The van der Waals surface area contributed by atoms with Crippen molar-refractivity contribution in [2.24, 2.45) is 5.92 Å². The van der Waals surface area contributed by atoms with Crippen molar-refractivity contribution < 1.29 is 14.1 Å². The van der Waals surface area contributed by atoms with Crippen LogP contribution in [-0.2, 0) is 9.53 Å². The highest BCUT2D eigenvalue weighted by atomic mass is 16.5. The number of allylic oxidation sites excluding steroid dienone is 5. The number of H-pyrrole nitrogens is 1. The van der Waals surface area contributed by atoms with Crippen molar-refractivity contribution in [3.05, 3.63) is 59.0 Å². The number of ether oxygens (including phenoxy) is 1. The summed E-state index contributed by atoms with van der Waals surface area (Å²) in [6.07, 6.45) is 11.5. The zero-order valence-corrected chi connectivity index (χ0v) is 16.6. The molecule has 1 N–H and O–H groups in total. The predicted molar refractivity (Wildman–Crippen MR) is 106 cm³/mol. The van der Waals surface area contributed by atoms with Crippen LogP contribution in [0.1, 0.15) is 43.1 Å². The van der Waals surface area contributed by atoms with Gasteiger partial charge in [0.15, 0.2) is 0 Å². The number of aryl methyl sites for hydroxylation is 1. The Kier molecular flexibility index (Phi) is 4.38. The second-order valence-corrected chi connectivity index (χ2v) is 7.91. The van der Waals surface area contributed by atoms with Crippen LogP contribution in [0.3, 0.4) is 0 Å². The minimum atomic E-state index is -0.150. The minimum absolute atomic E-state index is 0.0380. The molecule has 0 spiro atoms. The van der Waals surface area contributed by atoms with E-state index in [1.54, 1.807) is 7.11 Å². The van der Waals surface area contributed by atoms with Crippen molar-refractivity contribution in [3.8, 4) is 11.5 Å². The molecular formula is C22H24N4O3. The average Bonchev–Trinajstić information content (AvgIpc) is 3.37. The third-order valence-corrected chi connectivity index (χ3v) is 6.04. The van der Waals surface area contributed by atoms with Crippen LogP contribution in [0.2, 0.25) is 0 Å². The summed E-state index contributed by atoms with van der Waals surface area (Å²) in [5.74, 6) is 2.01. The number of hydrogen-bond donors (Lipinski definition) is 1. The molecule has 2 aromatic heterocycles. The van der Waals surface area contributed by atoms with Gasteiger partial charge in [-0.3, -0.25) is 4.79 Å². The molecule has 3 aliphatic rings. The lowest BCUT2D eigenvalue weighted by Gasteiger charge is -2.35. The molecule has 2 aromatic rings. The van der Waals surface area contributed by atoms with E-state index in [0.717, 1.165) is 54.0 Å². The van der Waals surface area contributed by atoms with Gasteiger partial charge in [-0.1, -0.05) is 11.2 Å². The van der Waals surface area contributed by atoms with Gasteiger partial charge in [0.1, 0.15) is 5.76 Å². The smallest absolute Gasteiger partial charge is 0.234 e. The minimum Gasteiger partial charge on any atom is -0.497 e. The Morgan fingerprint density at radius 2 is 2.21 bits per heavy atom. The van der Waals surface area contributed by atoms with E-state index in [9.17, 15) is 4.79 Å². The van der Waals surface area contributed by atoms with E-state index >= 15 is 0 Å². The first-order valence-electron chi connectivity index (χ1n) is 10.1. The number of carbonyl (C=O) groups is 1. The highest BCUT2D eigenvalue weighted by Gasteiger charge is 2.38.